The number of rotatable bonds is 5. The summed E-state index contributed by atoms with van der Waals surface area (Å²) in [5, 5.41) is 25.0. The van der Waals surface area contributed by atoms with Crippen LogP contribution in [0.1, 0.15) is 24.9 Å². The molecule has 1 amide bonds. The summed E-state index contributed by atoms with van der Waals surface area (Å²) in [7, 11) is 0. The number of halogens is 2. The number of amides is 1. The van der Waals surface area contributed by atoms with E-state index in [0.717, 1.165) is 27.7 Å². The molecule has 0 aliphatic carbocycles. The second-order valence-corrected chi connectivity index (χ2v) is 10.4. The highest BCUT2D eigenvalue weighted by molar-refractivity contribution is 6.31. The summed E-state index contributed by atoms with van der Waals surface area (Å²) in [6, 6.07) is 17.3. The van der Waals surface area contributed by atoms with Crippen molar-refractivity contribution in [2.75, 3.05) is 23.3 Å². The van der Waals surface area contributed by atoms with Gasteiger partial charge in [-0.2, -0.15) is 0 Å². The van der Waals surface area contributed by atoms with E-state index in [1.165, 1.54) is 19.1 Å². The third-order valence-electron chi connectivity index (χ3n) is 7.47. The standard InChI is InChI=1S/C29H28ClFN6O2/c1-17(38)34-23-7-5-19(30)13-26(23)35-12-10-25(28(39)16-35)37-27-14-20(31)6-8-24(27)36(29(37)32)15-18-3-2-4-22-21(18)9-11-33-22/h2-9,11,13-14,25,28,32-33,39H,10,12,15-16H2,1H3,(H,34,38)/t25-,28-/m0/s1. The molecule has 2 atom stereocenters. The van der Waals surface area contributed by atoms with Crippen molar-refractivity contribution in [3.63, 3.8) is 0 Å². The number of nitrogens with zero attached hydrogens (tertiary/aromatic N) is 3. The Labute approximate surface area is 228 Å². The van der Waals surface area contributed by atoms with E-state index in [0.29, 0.717) is 35.7 Å². The molecule has 0 unspecified atom stereocenters. The molecule has 200 valence electrons. The third-order valence-corrected chi connectivity index (χ3v) is 7.71. The van der Waals surface area contributed by atoms with E-state index in [-0.39, 0.29) is 18.1 Å². The first-order chi connectivity index (χ1) is 18.8. The Morgan fingerprint density at radius 2 is 2.03 bits per heavy atom. The van der Waals surface area contributed by atoms with Crippen LogP contribution in [-0.2, 0) is 11.3 Å². The van der Waals surface area contributed by atoms with E-state index < -0.39 is 18.0 Å². The van der Waals surface area contributed by atoms with E-state index in [1.54, 1.807) is 28.8 Å². The van der Waals surface area contributed by atoms with Gasteiger partial charge in [-0.15, -0.1) is 0 Å². The van der Waals surface area contributed by atoms with E-state index in [1.807, 2.05) is 39.9 Å². The maximum absolute atomic E-state index is 14.5. The lowest BCUT2D eigenvalue weighted by molar-refractivity contribution is -0.114. The molecule has 0 spiro atoms. The zero-order valence-corrected chi connectivity index (χ0v) is 22.0. The molecule has 0 bridgehead atoms. The fraction of sp³-hybridized carbons (Fsp3) is 0.241. The Morgan fingerprint density at radius 1 is 1.18 bits per heavy atom. The van der Waals surface area contributed by atoms with Crippen molar-refractivity contribution in [2.24, 2.45) is 0 Å². The van der Waals surface area contributed by atoms with Crippen LogP contribution in [0.2, 0.25) is 5.02 Å². The highest BCUT2D eigenvalue weighted by Gasteiger charge is 2.32. The zero-order valence-electron chi connectivity index (χ0n) is 21.3. The molecule has 1 aliphatic rings. The number of fused-ring (bicyclic) bond motifs is 2. The Balaban J connectivity index is 1.37. The molecule has 4 N–H and O–H groups in total. The minimum atomic E-state index is -0.854. The van der Waals surface area contributed by atoms with Gasteiger partial charge in [0.05, 0.1) is 41.1 Å². The largest absolute Gasteiger partial charge is 0.389 e. The first-order valence-electron chi connectivity index (χ1n) is 12.8. The summed E-state index contributed by atoms with van der Waals surface area (Å²) in [5.74, 6) is -0.597. The number of H-pyrrole nitrogens is 1. The van der Waals surface area contributed by atoms with E-state index in [2.05, 4.69) is 10.3 Å². The van der Waals surface area contributed by atoms with Crippen LogP contribution >= 0.6 is 11.6 Å². The number of aromatic nitrogens is 3. The van der Waals surface area contributed by atoms with Crippen LogP contribution in [0.3, 0.4) is 0 Å². The quantitative estimate of drug-likeness (QED) is 0.249. The number of nitrogens with one attached hydrogen (secondary N) is 3. The molecular weight excluding hydrogens is 519 g/mol. The lowest BCUT2D eigenvalue weighted by Crippen LogP contribution is -2.47. The predicted octanol–water partition coefficient (Wildman–Crippen LogP) is 5.02. The van der Waals surface area contributed by atoms with Crippen molar-refractivity contribution in [1.29, 1.82) is 5.41 Å². The van der Waals surface area contributed by atoms with Crippen LogP contribution in [0.25, 0.3) is 21.9 Å². The molecule has 0 radical (unpaired) electrons. The van der Waals surface area contributed by atoms with Crippen molar-refractivity contribution in [3.8, 4) is 0 Å². The average Bonchev–Trinajstić information content (AvgIpc) is 3.48. The van der Waals surface area contributed by atoms with Gasteiger partial charge in [0.2, 0.25) is 11.5 Å². The van der Waals surface area contributed by atoms with Crippen LogP contribution in [0.15, 0.2) is 66.9 Å². The van der Waals surface area contributed by atoms with Gasteiger partial charge < -0.3 is 29.4 Å². The predicted molar refractivity (Wildman–Crippen MR) is 151 cm³/mol. The van der Waals surface area contributed by atoms with Crippen molar-refractivity contribution in [1.82, 2.24) is 14.1 Å². The number of benzene rings is 3. The molecule has 39 heavy (non-hydrogen) atoms. The molecule has 5 aromatic rings. The van der Waals surface area contributed by atoms with Gasteiger partial charge in [-0.05, 0) is 60.5 Å². The van der Waals surface area contributed by atoms with Gasteiger partial charge in [0.1, 0.15) is 5.82 Å². The van der Waals surface area contributed by atoms with Gasteiger partial charge in [-0.1, -0.05) is 23.7 Å². The zero-order chi connectivity index (χ0) is 27.3. The maximum Gasteiger partial charge on any atom is 0.221 e. The van der Waals surface area contributed by atoms with E-state index in [4.69, 9.17) is 17.0 Å². The Hall–Kier alpha value is -4.08. The van der Waals surface area contributed by atoms with Gasteiger partial charge in [0.25, 0.3) is 0 Å². The van der Waals surface area contributed by atoms with Crippen molar-refractivity contribution < 1.29 is 14.3 Å². The summed E-state index contributed by atoms with van der Waals surface area (Å²) in [4.78, 5) is 16.9. The second kappa shape index (κ2) is 9.91. The Bertz CT molecular complexity index is 1770. The number of piperidine rings is 1. The summed E-state index contributed by atoms with van der Waals surface area (Å²) < 4.78 is 18.1. The highest BCUT2D eigenvalue weighted by Crippen LogP contribution is 2.35. The van der Waals surface area contributed by atoms with Crippen LogP contribution in [0, 0.1) is 11.2 Å². The molecule has 6 rings (SSSR count). The maximum atomic E-state index is 14.5. The van der Waals surface area contributed by atoms with Crippen LogP contribution in [-0.4, -0.2) is 44.3 Å². The van der Waals surface area contributed by atoms with E-state index >= 15 is 0 Å². The number of anilines is 2. The van der Waals surface area contributed by atoms with Crippen LogP contribution < -0.4 is 15.8 Å². The molecular formula is C29H28ClFN6O2. The number of aromatic amines is 1. The first-order valence-corrected chi connectivity index (χ1v) is 13.2. The van der Waals surface area contributed by atoms with Crippen molar-refractivity contribution in [3.05, 3.63) is 88.9 Å². The fourth-order valence-corrected chi connectivity index (χ4v) is 5.90. The number of aliphatic hydroxyl groups excluding tert-OH is 1. The van der Waals surface area contributed by atoms with Gasteiger partial charge in [0.15, 0.2) is 0 Å². The van der Waals surface area contributed by atoms with Crippen LogP contribution in [0.5, 0.6) is 0 Å². The number of hydrogen-bond acceptors (Lipinski definition) is 4. The number of imidazole rings is 1. The average molecular weight is 547 g/mol. The summed E-state index contributed by atoms with van der Waals surface area (Å²) in [5.41, 5.74) is 4.88. The number of carbonyl (C=O) groups excluding carboxylic acids is 1. The SMILES string of the molecule is CC(=O)Nc1ccc(Cl)cc1N1CC[C@H](n2c(=N)n(Cc3cccc4[nH]ccc34)c3ccc(F)cc32)[C@@H](O)C1. The monoisotopic (exact) mass is 546 g/mol. The molecule has 2 aromatic heterocycles. The highest BCUT2D eigenvalue weighted by atomic mass is 35.5. The van der Waals surface area contributed by atoms with Crippen LogP contribution in [0.4, 0.5) is 15.8 Å². The molecule has 0 saturated carbocycles. The second-order valence-electron chi connectivity index (χ2n) is 9.98. The van der Waals surface area contributed by atoms with Crippen molar-refractivity contribution >= 4 is 50.8 Å². The van der Waals surface area contributed by atoms with Gasteiger partial charge >= 0.3 is 0 Å². The number of β-amino-alcohol motifs (C(OH)–C–C–N with tert-alkyl or cyclic N) is 1. The topological polar surface area (TPSA) is 102 Å². The third kappa shape index (κ3) is 4.57. The molecule has 1 fully saturated rings. The number of hydrogen-bond donors (Lipinski definition) is 4. The fourth-order valence-electron chi connectivity index (χ4n) is 5.73. The Kier molecular flexibility index (Phi) is 6.40. The minimum absolute atomic E-state index is 0.197. The van der Waals surface area contributed by atoms with Gasteiger partial charge in [0, 0.05) is 42.1 Å². The molecule has 3 heterocycles. The molecule has 1 saturated heterocycles. The minimum Gasteiger partial charge on any atom is -0.389 e. The molecule has 1 aliphatic heterocycles. The lowest BCUT2D eigenvalue weighted by atomic mass is 10.00. The Morgan fingerprint density at radius 3 is 2.82 bits per heavy atom. The molecule has 3 aromatic carbocycles. The smallest absolute Gasteiger partial charge is 0.221 e. The lowest BCUT2D eigenvalue weighted by Gasteiger charge is -2.38. The van der Waals surface area contributed by atoms with Gasteiger partial charge in [-0.3, -0.25) is 10.2 Å². The normalized spacial score (nSPS) is 17.7. The van der Waals surface area contributed by atoms with Crippen molar-refractivity contribution in [2.45, 2.75) is 32.0 Å². The van der Waals surface area contributed by atoms with E-state index in [9.17, 15) is 14.3 Å². The summed E-state index contributed by atoms with van der Waals surface area (Å²) >= 11 is 6.26. The number of aliphatic hydroxyl groups is 1. The molecule has 8 nitrogen and oxygen atoms in total. The summed E-state index contributed by atoms with van der Waals surface area (Å²) in [6.07, 6.45) is 1.54. The summed E-state index contributed by atoms with van der Waals surface area (Å²) in [6.45, 7) is 2.68. The first kappa shape index (κ1) is 25.2. The molecule has 10 heteroatoms. The van der Waals surface area contributed by atoms with Gasteiger partial charge in [-0.25, -0.2) is 4.39 Å². The number of carbonyl (C=O) groups is 1.